The van der Waals surface area contributed by atoms with Crippen LogP contribution in [0.15, 0.2) is 0 Å². The average molecular weight is 221 g/mol. The van der Waals surface area contributed by atoms with Crippen molar-refractivity contribution in [2.24, 2.45) is 0 Å². The van der Waals surface area contributed by atoms with Gasteiger partial charge in [-0.2, -0.15) is 0 Å². The van der Waals surface area contributed by atoms with Crippen LogP contribution in [0.4, 0.5) is 0 Å². The van der Waals surface area contributed by atoms with Gasteiger partial charge in [-0.1, -0.05) is 0 Å². The molecule has 1 aliphatic heterocycles. The maximum Gasteiger partial charge on any atom is 0.115 e. The van der Waals surface area contributed by atoms with Crippen LogP contribution in [0, 0.1) is 0 Å². The maximum atomic E-state index is 10.5. The van der Waals surface area contributed by atoms with Crippen molar-refractivity contribution in [1.82, 2.24) is 0 Å². The Kier molecular flexibility index (Phi) is 4.00. The minimum Gasteiger partial charge on any atom is -0.547 e. The highest BCUT2D eigenvalue weighted by Crippen LogP contribution is 2.22. The summed E-state index contributed by atoms with van der Waals surface area (Å²) in [6.07, 6.45) is -7.23. The van der Waals surface area contributed by atoms with Crippen LogP contribution in [0.25, 0.3) is 0 Å². The normalized spacial score (nSPS) is 38.7. The highest BCUT2D eigenvalue weighted by Gasteiger charge is 2.40. The van der Waals surface area contributed by atoms with Gasteiger partial charge in [0, 0.05) is 6.42 Å². The standard InChI is InChI=1S/C8H14O7/c9-2-4(11)7-6(12)3(10)1-5(15-7)8(13)14/h3-7,9-12H,1-2H2,(H,13,14)/p-1. The topological polar surface area (TPSA) is 130 Å². The number of carboxylic acid groups (broad SMARTS) is 1. The fourth-order valence-electron chi connectivity index (χ4n) is 1.48. The van der Waals surface area contributed by atoms with Crippen LogP contribution < -0.4 is 5.11 Å². The van der Waals surface area contributed by atoms with Gasteiger partial charge in [-0.25, -0.2) is 0 Å². The fourth-order valence-corrected chi connectivity index (χ4v) is 1.48. The molecule has 1 rings (SSSR count). The molecule has 0 spiro atoms. The van der Waals surface area contributed by atoms with E-state index in [0.717, 1.165) is 0 Å². The van der Waals surface area contributed by atoms with Crippen molar-refractivity contribution in [2.75, 3.05) is 6.61 Å². The molecular weight excluding hydrogens is 208 g/mol. The Hall–Kier alpha value is -0.730. The van der Waals surface area contributed by atoms with E-state index in [2.05, 4.69) is 0 Å². The van der Waals surface area contributed by atoms with Crippen LogP contribution in [-0.2, 0) is 9.53 Å². The summed E-state index contributed by atoms with van der Waals surface area (Å²) >= 11 is 0. The summed E-state index contributed by atoms with van der Waals surface area (Å²) in [5.41, 5.74) is 0. The second-order valence-corrected chi connectivity index (χ2v) is 3.45. The third-order valence-electron chi connectivity index (χ3n) is 2.34. The molecule has 7 nitrogen and oxygen atoms in total. The van der Waals surface area contributed by atoms with E-state index in [1.54, 1.807) is 0 Å². The van der Waals surface area contributed by atoms with Crippen molar-refractivity contribution in [2.45, 2.75) is 36.9 Å². The van der Waals surface area contributed by atoms with Crippen LogP contribution in [0.3, 0.4) is 0 Å². The van der Waals surface area contributed by atoms with Crippen molar-refractivity contribution in [1.29, 1.82) is 0 Å². The Morgan fingerprint density at radius 1 is 1.53 bits per heavy atom. The zero-order chi connectivity index (χ0) is 11.6. The van der Waals surface area contributed by atoms with Gasteiger partial charge in [0.25, 0.3) is 0 Å². The zero-order valence-corrected chi connectivity index (χ0v) is 7.81. The zero-order valence-electron chi connectivity index (χ0n) is 7.81. The lowest BCUT2D eigenvalue weighted by Gasteiger charge is -2.39. The maximum absolute atomic E-state index is 10.5. The summed E-state index contributed by atoms with van der Waals surface area (Å²) < 4.78 is 4.80. The monoisotopic (exact) mass is 221 g/mol. The van der Waals surface area contributed by atoms with Gasteiger partial charge in [-0.05, 0) is 0 Å². The molecule has 0 aromatic carbocycles. The molecule has 0 aromatic heterocycles. The minimum atomic E-state index is -1.53. The van der Waals surface area contributed by atoms with Gasteiger partial charge >= 0.3 is 0 Å². The van der Waals surface area contributed by atoms with Gasteiger partial charge < -0.3 is 35.1 Å². The molecule has 5 unspecified atom stereocenters. The second kappa shape index (κ2) is 4.86. The molecule has 1 fully saturated rings. The van der Waals surface area contributed by atoms with E-state index in [9.17, 15) is 25.2 Å². The van der Waals surface area contributed by atoms with Crippen molar-refractivity contribution >= 4 is 5.97 Å². The molecule has 0 bridgehead atoms. The molecular formula is C8H13O7-. The number of carbonyl (C=O) groups excluding carboxylic acids is 1. The van der Waals surface area contributed by atoms with Crippen LogP contribution in [0.2, 0.25) is 0 Å². The molecule has 0 radical (unpaired) electrons. The number of hydrogen-bond donors (Lipinski definition) is 4. The quantitative estimate of drug-likeness (QED) is 0.381. The summed E-state index contributed by atoms with van der Waals surface area (Å²) in [5.74, 6) is -1.53. The number of aliphatic carboxylic acids is 1. The van der Waals surface area contributed by atoms with E-state index in [4.69, 9.17) is 9.84 Å². The van der Waals surface area contributed by atoms with Crippen molar-refractivity contribution < 1.29 is 35.1 Å². The number of carboxylic acids is 1. The highest BCUT2D eigenvalue weighted by atomic mass is 16.6. The number of rotatable bonds is 3. The lowest BCUT2D eigenvalue weighted by atomic mass is 9.95. The first-order valence-corrected chi connectivity index (χ1v) is 4.48. The van der Waals surface area contributed by atoms with Gasteiger partial charge in [0.05, 0.1) is 18.7 Å². The van der Waals surface area contributed by atoms with Crippen molar-refractivity contribution in [3.63, 3.8) is 0 Å². The first-order chi connectivity index (χ1) is 6.97. The molecule has 7 heteroatoms. The number of hydrogen-bond acceptors (Lipinski definition) is 7. The highest BCUT2D eigenvalue weighted by molar-refractivity contribution is 5.70. The molecule has 0 amide bonds. The van der Waals surface area contributed by atoms with Crippen molar-refractivity contribution in [3.05, 3.63) is 0 Å². The molecule has 4 N–H and O–H groups in total. The number of carbonyl (C=O) groups is 1. The summed E-state index contributed by atoms with van der Waals surface area (Å²) in [4.78, 5) is 10.5. The third-order valence-corrected chi connectivity index (χ3v) is 2.34. The molecule has 0 aromatic rings. The van der Waals surface area contributed by atoms with Crippen LogP contribution in [0.1, 0.15) is 6.42 Å². The third kappa shape index (κ3) is 2.64. The molecule has 1 saturated heterocycles. The van der Waals surface area contributed by atoms with Crippen LogP contribution in [-0.4, -0.2) is 63.5 Å². The Morgan fingerprint density at radius 2 is 2.13 bits per heavy atom. The number of aliphatic hydroxyl groups excluding tert-OH is 4. The minimum absolute atomic E-state index is 0.307. The second-order valence-electron chi connectivity index (χ2n) is 3.45. The Labute approximate surface area is 85.5 Å². The average Bonchev–Trinajstić information content (AvgIpc) is 2.20. The SMILES string of the molecule is O=C([O-])C1CC(O)C(O)C(C(O)CO)O1. The predicted octanol–water partition coefficient (Wildman–Crippen LogP) is -4.03. The summed E-state index contributed by atoms with van der Waals surface area (Å²) in [7, 11) is 0. The fraction of sp³-hybridized carbons (Fsp3) is 0.875. The van der Waals surface area contributed by atoms with E-state index in [-0.39, 0.29) is 6.42 Å². The van der Waals surface area contributed by atoms with E-state index < -0.39 is 43.1 Å². The Balaban J connectivity index is 2.72. The summed E-state index contributed by atoms with van der Waals surface area (Å²) in [6, 6.07) is 0. The largest absolute Gasteiger partial charge is 0.547 e. The Morgan fingerprint density at radius 3 is 2.60 bits per heavy atom. The number of aliphatic hydroxyl groups is 4. The molecule has 0 aliphatic carbocycles. The van der Waals surface area contributed by atoms with Gasteiger partial charge in [-0.15, -0.1) is 0 Å². The lowest BCUT2D eigenvalue weighted by molar-refractivity contribution is -0.327. The smallest absolute Gasteiger partial charge is 0.115 e. The van der Waals surface area contributed by atoms with Gasteiger partial charge in [0.15, 0.2) is 0 Å². The van der Waals surface area contributed by atoms with Crippen LogP contribution in [0.5, 0.6) is 0 Å². The lowest BCUT2D eigenvalue weighted by Crippen LogP contribution is -2.57. The van der Waals surface area contributed by atoms with Gasteiger partial charge in [-0.3, -0.25) is 0 Å². The molecule has 15 heavy (non-hydrogen) atoms. The molecule has 0 saturated carbocycles. The van der Waals surface area contributed by atoms with E-state index in [0.29, 0.717) is 0 Å². The first-order valence-electron chi connectivity index (χ1n) is 4.48. The number of ether oxygens (including phenoxy) is 1. The van der Waals surface area contributed by atoms with Gasteiger partial charge in [0.2, 0.25) is 0 Å². The Bertz CT molecular complexity index is 231. The predicted molar refractivity (Wildman–Crippen MR) is 43.4 cm³/mol. The van der Waals surface area contributed by atoms with E-state index >= 15 is 0 Å². The van der Waals surface area contributed by atoms with Crippen molar-refractivity contribution in [3.8, 4) is 0 Å². The molecule has 88 valence electrons. The molecule has 1 aliphatic rings. The van der Waals surface area contributed by atoms with E-state index in [1.807, 2.05) is 0 Å². The summed E-state index contributed by atoms with van der Waals surface area (Å²) in [6.45, 7) is -0.700. The van der Waals surface area contributed by atoms with Gasteiger partial charge in [0.1, 0.15) is 24.4 Å². The van der Waals surface area contributed by atoms with E-state index in [1.165, 1.54) is 0 Å². The van der Waals surface area contributed by atoms with Crippen LogP contribution >= 0.6 is 0 Å². The molecule has 1 heterocycles. The molecule has 5 atom stereocenters. The summed E-state index contributed by atoms with van der Waals surface area (Å²) in [5, 5.41) is 47.0. The first kappa shape index (κ1) is 12.3.